The van der Waals surface area contributed by atoms with Gasteiger partial charge >= 0.3 is 0 Å². The van der Waals surface area contributed by atoms with Crippen LogP contribution in [0.3, 0.4) is 0 Å². The lowest BCUT2D eigenvalue weighted by molar-refractivity contribution is 0.355. The Balaban J connectivity index is 1.61. The number of piperidine rings is 1. The second-order valence-corrected chi connectivity index (χ2v) is 8.17. The van der Waals surface area contributed by atoms with Gasteiger partial charge in [0.1, 0.15) is 16.7 Å². The number of methoxy groups -OCH3 is 1. The fourth-order valence-electron chi connectivity index (χ4n) is 3.55. The molecule has 2 N–H and O–H groups in total. The number of rotatable bonds is 5. The molecular formula is C20H26ClN5OS. The van der Waals surface area contributed by atoms with Crippen LogP contribution in [0.5, 0.6) is 5.75 Å². The Morgan fingerprint density at radius 2 is 1.89 bits per heavy atom. The first-order chi connectivity index (χ1) is 13.4. The molecule has 0 aliphatic carbocycles. The summed E-state index contributed by atoms with van der Waals surface area (Å²) in [4.78, 5) is 11.1. The first kappa shape index (κ1) is 20.6. The van der Waals surface area contributed by atoms with Crippen molar-refractivity contribution in [1.29, 1.82) is 0 Å². The molecule has 6 nitrogen and oxygen atoms in total. The number of anilines is 2. The lowest BCUT2D eigenvalue weighted by Crippen LogP contribution is -2.39. The molecule has 28 heavy (non-hydrogen) atoms. The average molecular weight is 420 g/mol. The minimum Gasteiger partial charge on any atom is -0.497 e. The summed E-state index contributed by atoms with van der Waals surface area (Å²) in [6, 6.07) is 9.62. The number of nitrogens with one attached hydrogen (secondary N) is 2. The fourth-order valence-corrected chi connectivity index (χ4v) is 3.89. The van der Waals surface area contributed by atoms with E-state index in [-0.39, 0.29) is 0 Å². The number of ether oxygens (including phenoxy) is 1. The highest BCUT2D eigenvalue weighted by Crippen LogP contribution is 2.27. The summed E-state index contributed by atoms with van der Waals surface area (Å²) in [5.74, 6) is 3.31. The molecule has 0 saturated carbocycles. The summed E-state index contributed by atoms with van der Waals surface area (Å²) in [5, 5.41) is 7.05. The van der Waals surface area contributed by atoms with Crippen LogP contribution >= 0.6 is 23.8 Å². The molecule has 150 valence electrons. The van der Waals surface area contributed by atoms with Crippen molar-refractivity contribution in [3.8, 4) is 5.75 Å². The highest BCUT2D eigenvalue weighted by molar-refractivity contribution is 7.80. The van der Waals surface area contributed by atoms with Crippen LogP contribution in [-0.2, 0) is 6.54 Å². The third kappa shape index (κ3) is 5.69. The molecule has 1 aliphatic rings. The van der Waals surface area contributed by atoms with Crippen LogP contribution in [0.4, 0.5) is 11.8 Å². The maximum absolute atomic E-state index is 6.23. The van der Waals surface area contributed by atoms with Gasteiger partial charge in [0.25, 0.3) is 0 Å². The highest BCUT2D eigenvalue weighted by Gasteiger charge is 2.23. The summed E-state index contributed by atoms with van der Waals surface area (Å²) in [6.45, 7) is 7.06. The maximum Gasteiger partial charge on any atom is 0.232 e. The van der Waals surface area contributed by atoms with Gasteiger partial charge in [0, 0.05) is 25.7 Å². The Kier molecular flexibility index (Phi) is 6.91. The van der Waals surface area contributed by atoms with Crippen LogP contribution in [0.2, 0.25) is 5.15 Å². The van der Waals surface area contributed by atoms with E-state index in [0.717, 1.165) is 30.2 Å². The molecular weight excluding hydrogens is 394 g/mol. The van der Waals surface area contributed by atoms with E-state index in [0.29, 0.717) is 34.6 Å². The predicted molar refractivity (Wildman–Crippen MR) is 118 cm³/mol. The van der Waals surface area contributed by atoms with Crippen molar-refractivity contribution in [2.75, 3.05) is 30.4 Å². The minimum absolute atomic E-state index is 0.399. The monoisotopic (exact) mass is 419 g/mol. The third-order valence-electron chi connectivity index (χ3n) is 4.71. The molecule has 0 radical (unpaired) electrons. The Morgan fingerprint density at radius 1 is 1.21 bits per heavy atom. The van der Waals surface area contributed by atoms with E-state index < -0.39 is 0 Å². The molecule has 1 fully saturated rings. The summed E-state index contributed by atoms with van der Waals surface area (Å²) < 4.78 is 5.17. The number of aromatic nitrogens is 2. The smallest absolute Gasteiger partial charge is 0.232 e. The van der Waals surface area contributed by atoms with Crippen molar-refractivity contribution in [3.05, 3.63) is 41.0 Å². The van der Waals surface area contributed by atoms with Gasteiger partial charge in [-0.2, -0.15) is 4.98 Å². The van der Waals surface area contributed by atoms with Gasteiger partial charge in [-0.25, -0.2) is 4.98 Å². The van der Waals surface area contributed by atoms with Gasteiger partial charge in [-0.3, -0.25) is 0 Å². The van der Waals surface area contributed by atoms with E-state index in [1.165, 1.54) is 6.42 Å². The van der Waals surface area contributed by atoms with Crippen LogP contribution < -0.4 is 20.3 Å². The third-order valence-corrected chi connectivity index (χ3v) is 5.15. The molecule has 2 heterocycles. The molecule has 2 aromatic rings. The molecule has 2 unspecified atom stereocenters. The molecule has 2 atom stereocenters. The van der Waals surface area contributed by atoms with Crippen molar-refractivity contribution in [2.45, 2.75) is 26.8 Å². The molecule has 1 aliphatic heterocycles. The first-order valence-electron chi connectivity index (χ1n) is 9.40. The summed E-state index contributed by atoms with van der Waals surface area (Å²) in [6.07, 6.45) is 1.24. The second kappa shape index (κ2) is 9.39. The van der Waals surface area contributed by atoms with Crippen LogP contribution in [0.15, 0.2) is 30.3 Å². The van der Waals surface area contributed by atoms with Crippen molar-refractivity contribution in [3.63, 3.8) is 0 Å². The average Bonchev–Trinajstić information content (AvgIpc) is 2.65. The summed E-state index contributed by atoms with van der Waals surface area (Å²) in [7, 11) is 1.65. The minimum atomic E-state index is 0.399. The fraction of sp³-hybridized carbons (Fsp3) is 0.450. The Hall–Kier alpha value is -2.12. The van der Waals surface area contributed by atoms with E-state index in [1.807, 2.05) is 30.3 Å². The number of benzene rings is 1. The van der Waals surface area contributed by atoms with Gasteiger partial charge < -0.3 is 20.3 Å². The predicted octanol–water partition coefficient (Wildman–Crippen LogP) is 4.11. The van der Waals surface area contributed by atoms with Crippen LogP contribution in [-0.4, -0.2) is 35.3 Å². The number of thiocarbonyl (C=S) groups is 1. The topological polar surface area (TPSA) is 62.3 Å². The van der Waals surface area contributed by atoms with Crippen LogP contribution in [0, 0.1) is 11.8 Å². The van der Waals surface area contributed by atoms with Crippen molar-refractivity contribution in [2.24, 2.45) is 11.8 Å². The molecule has 0 spiro atoms. The van der Waals surface area contributed by atoms with Crippen molar-refractivity contribution >= 4 is 40.7 Å². The Labute approximate surface area is 176 Å². The number of hydrogen-bond donors (Lipinski definition) is 2. The zero-order valence-electron chi connectivity index (χ0n) is 16.4. The largest absolute Gasteiger partial charge is 0.497 e. The summed E-state index contributed by atoms with van der Waals surface area (Å²) in [5.41, 5.74) is 1.09. The van der Waals surface area contributed by atoms with E-state index >= 15 is 0 Å². The summed E-state index contributed by atoms with van der Waals surface area (Å²) >= 11 is 11.6. The molecule has 1 saturated heterocycles. The lowest BCUT2D eigenvalue weighted by atomic mass is 9.92. The zero-order valence-corrected chi connectivity index (χ0v) is 18.0. The number of nitrogens with zero attached hydrogens (tertiary/aromatic N) is 3. The van der Waals surface area contributed by atoms with E-state index in [4.69, 9.17) is 28.6 Å². The van der Waals surface area contributed by atoms with Gasteiger partial charge in [0.05, 0.1) is 7.11 Å². The second-order valence-electron chi connectivity index (χ2n) is 7.38. The highest BCUT2D eigenvalue weighted by atomic mass is 35.5. The number of hydrogen-bond acceptors (Lipinski definition) is 5. The van der Waals surface area contributed by atoms with E-state index in [9.17, 15) is 0 Å². The SMILES string of the molecule is COc1ccc(CNC(=S)Nc2nc(Cl)cc(N3CC(C)CC(C)C3)n2)cc1. The van der Waals surface area contributed by atoms with Crippen molar-refractivity contribution < 1.29 is 4.74 Å². The van der Waals surface area contributed by atoms with Gasteiger partial charge in [0.15, 0.2) is 5.11 Å². The van der Waals surface area contributed by atoms with Crippen LogP contribution in [0.25, 0.3) is 0 Å². The Morgan fingerprint density at radius 3 is 2.54 bits per heavy atom. The lowest BCUT2D eigenvalue weighted by Gasteiger charge is -2.35. The Bertz CT molecular complexity index is 807. The quantitative estimate of drug-likeness (QED) is 0.558. The van der Waals surface area contributed by atoms with Gasteiger partial charge in [0.2, 0.25) is 5.95 Å². The molecule has 0 amide bonds. The molecule has 0 bridgehead atoms. The zero-order chi connectivity index (χ0) is 20.1. The van der Waals surface area contributed by atoms with Gasteiger partial charge in [-0.05, 0) is 48.2 Å². The molecule has 1 aromatic carbocycles. The standard InChI is InChI=1S/C20H26ClN5OS/c1-13-8-14(2)12-26(11-13)18-9-17(21)23-19(24-18)25-20(28)22-10-15-4-6-16(27-3)7-5-15/h4-7,9,13-14H,8,10-12H2,1-3H3,(H2,22,23,24,25,28). The van der Waals surface area contributed by atoms with E-state index in [1.54, 1.807) is 7.11 Å². The molecule has 8 heteroatoms. The first-order valence-corrected chi connectivity index (χ1v) is 10.2. The van der Waals surface area contributed by atoms with Gasteiger partial charge in [-0.1, -0.05) is 37.6 Å². The van der Waals surface area contributed by atoms with Crippen molar-refractivity contribution in [1.82, 2.24) is 15.3 Å². The van der Waals surface area contributed by atoms with Gasteiger partial charge in [-0.15, -0.1) is 0 Å². The number of halogens is 1. The van der Waals surface area contributed by atoms with Crippen LogP contribution in [0.1, 0.15) is 25.8 Å². The maximum atomic E-state index is 6.23. The van der Waals surface area contributed by atoms with E-state index in [2.05, 4.69) is 39.3 Å². The normalized spacial score (nSPS) is 19.2. The molecule has 3 rings (SSSR count). The molecule has 1 aromatic heterocycles.